The molecule has 0 amide bonds. The second-order valence-electron chi connectivity index (χ2n) is 8.04. The predicted octanol–water partition coefficient (Wildman–Crippen LogP) is 9.23. The van der Waals surface area contributed by atoms with E-state index in [-0.39, 0.29) is 0 Å². The molecule has 30 heavy (non-hydrogen) atoms. The quantitative estimate of drug-likeness (QED) is 0.338. The highest BCUT2D eigenvalue weighted by atomic mass is 14.7. The van der Waals surface area contributed by atoms with Crippen LogP contribution in [0.2, 0.25) is 0 Å². The number of rotatable bonds is 5. The van der Waals surface area contributed by atoms with E-state index in [9.17, 15) is 0 Å². The summed E-state index contributed by atoms with van der Waals surface area (Å²) in [5, 5.41) is 0. The Morgan fingerprint density at radius 2 is 1.50 bits per heavy atom. The zero-order valence-electron chi connectivity index (χ0n) is 21.1. The standard InChI is InChI=1S/C17H24.C8H13N.2C2H6/c1-13-6-8-14(9-7-13)10-15-11-16-4-2-3-5-17(16)12-15;1-4-7-9-8(5-2)6-3;2*1-2/h2-5,13-15H,6-12H2,1H3;5-7H,2,4H2,1,3H3;2*1-2H3/b;8-6-,9-7?;;. The molecule has 0 N–H and O–H groups in total. The molecule has 1 aromatic rings. The van der Waals surface area contributed by atoms with Gasteiger partial charge in [0.15, 0.2) is 0 Å². The van der Waals surface area contributed by atoms with Crippen molar-refractivity contribution in [1.82, 2.24) is 0 Å². The molecule has 1 aromatic carbocycles. The minimum atomic E-state index is 0.942. The summed E-state index contributed by atoms with van der Waals surface area (Å²) in [5.74, 6) is 2.98. The van der Waals surface area contributed by atoms with Gasteiger partial charge in [0, 0.05) is 6.21 Å². The first-order valence-electron chi connectivity index (χ1n) is 12.5. The second kappa shape index (κ2) is 18.2. The normalized spacial score (nSPS) is 20.7. The minimum absolute atomic E-state index is 0.942. The van der Waals surface area contributed by atoms with Crippen molar-refractivity contribution >= 4 is 6.21 Å². The van der Waals surface area contributed by atoms with Gasteiger partial charge in [-0.05, 0) is 67.6 Å². The molecule has 0 aromatic heterocycles. The van der Waals surface area contributed by atoms with Crippen LogP contribution >= 0.6 is 0 Å². The lowest BCUT2D eigenvalue weighted by Crippen LogP contribution is -2.16. The zero-order chi connectivity index (χ0) is 22.8. The lowest BCUT2D eigenvalue weighted by Gasteiger charge is -2.28. The average Bonchev–Trinajstić information content (AvgIpc) is 3.22. The molecule has 1 saturated carbocycles. The van der Waals surface area contributed by atoms with E-state index in [1.54, 1.807) is 17.2 Å². The molecular weight excluding hydrogens is 362 g/mol. The number of benzene rings is 1. The monoisotopic (exact) mass is 411 g/mol. The highest BCUT2D eigenvalue weighted by Crippen LogP contribution is 2.37. The van der Waals surface area contributed by atoms with E-state index in [4.69, 9.17) is 0 Å². The lowest BCUT2D eigenvalue weighted by atomic mass is 9.78. The maximum absolute atomic E-state index is 4.10. The summed E-state index contributed by atoms with van der Waals surface area (Å²) in [6, 6.07) is 9.06. The molecule has 2 aliphatic carbocycles. The van der Waals surface area contributed by atoms with Gasteiger partial charge in [-0.25, -0.2) is 0 Å². The molecule has 1 nitrogen and oxygen atoms in total. The Morgan fingerprint density at radius 3 is 1.93 bits per heavy atom. The first kappa shape index (κ1) is 28.4. The largest absolute Gasteiger partial charge is 0.262 e. The van der Waals surface area contributed by atoms with Crippen molar-refractivity contribution in [1.29, 1.82) is 0 Å². The van der Waals surface area contributed by atoms with Crippen LogP contribution in [-0.4, -0.2) is 6.21 Å². The molecule has 2 aliphatic rings. The van der Waals surface area contributed by atoms with Gasteiger partial charge in [0.25, 0.3) is 0 Å². The highest BCUT2D eigenvalue weighted by molar-refractivity contribution is 5.59. The van der Waals surface area contributed by atoms with Gasteiger partial charge in [0.2, 0.25) is 0 Å². The molecule has 0 bridgehead atoms. The van der Waals surface area contributed by atoms with Gasteiger partial charge < -0.3 is 0 Å². The average molecular weight is 412 g/mol. The third-order valence-corrected chi connectivity index (χ3v) is 5.87. The van der Waals surface area contributed by atoms with Gasteiger partial charge in [-0.15, -0.1) is 0 Å². The minimum Gasteiger partial charge on any atom is -0.262 e. The molecule has 0 heterocycles. The van der Waals surface area contributed by atoms with E-state index in [2.05, 4.69) is 49.7 Å². The number of nitrogens with zero attached hydrogens (tertiary/aromatic N) is 1. The molecule has 0 unspecified atom stereocenters. The summed E-state index contributed by atoms with van der Waals surface area (Å²) in [7, 11) is 0. The number of allylic oxidation sites excluding steroid dienone is 2. The summed E-state index contributed by atoms with van der Waals surface area (Å²) in [6.07, 6.45) is 16.6. The first-order chi connectivity index (χ1) is 14.7. The SMILES string of the molecule is C=C/C(=C/C)N=CCC.CC.CC.CC1CCC(CC2Cc3ccccc3C2)CC1. The van der Waals surface area contributed by atoms with Crippen LogP contribution in [-0.2, 0) is 12.8 Å². The van der Waals surface area contributed by atoms with Crippen molar-refractivity contribution < 1.29 is 0 Å². The molecular formula is C29H49N. The van der Waals surface area contributed by atoms with Crippen molar-refractivity contribution in [2.75, 3.05) is 0 Å². The topological polar surface area (TPSA) is 12.4 Å². The van der Waals surface area contributed by atoms with Gasteiger partial charge in [-0.2, -0.15) is 0 Å². The molecule has 0 saturated heterocycles. The van der Waals surface area contributed by atoms with Gasteiger partial charge in [-0.1, -0.05) is 104 Å². The van der Waals surface area contributed by atoms with Gasteiger partial charge in [0.05, 0.1) is 5.70 Å². The summed E-state index contributed by atoms with van der Waals surface area (Å²) in [4.78, 5) is 4.10. The maximum atomic E-state index is 4.10. The van der Waals surface area contributed by atoms with E-state index >= 15 is 0 Å². The Hall–Kier alpha value is -1.63. The van der Waals surface area contributed by atoms with E-state index in [1.165, 1.54) is 44.9 Å². The van der Waals surface area contributed by atoms with Gasteiger partial charge >= 0.3 is 0 Å². The van der Waals surface area contributed by atoms with Crippen molar-refractivity contribution in [3.05, 3.63) is 59.8 Å². The third-order valence-electron chi connectivity index (χ3n) is 5.87. The fourth-order valence-electron chi connectivity index (χ4n) is 4.29. The first-order valence-corrected chi connectivity index (χ1v) is 12.5. The fourth-order valence-corrected chi connectivity index (χ4v) is 4.29. The Balaban J connectivity index is 0.000000555. The maximum Gasteiger partial charge on any atom is 0.0577 e. The van der Waals surface area contributed by atoms with Crippen molar-refractivity contribution in [2.45, 2.75) is 99.8 Å². The van der Waals surface area contributed by atoms with Gasteiger partial charge in [0.1, 0.15) is 0 Å². The van der Waals surface area contributed by atoms with Crippen LogP contribution in [0.25, 0.3) is 0 Å². The smallest absolute Gasteiger partial charge is 0.0577 e. The molecule has 3 rings (SSSR count). The lowest BCUT2D eigenvalue weighted by molar-refractivity contribution is 0.248. The van der Waals surface area contributed by atoms with Crippen molar-refractivity contribution in [3.63, 3.8) is 0 Å². The number of fused-ring (bicyclic) bond motifs is 1. The Bertz CT molecular complexity index is 578. The molecule has 0 aliphatic heterocycles. The van der Waals surface area contributed by atoms with Crippen LogP contribution < -0.4 is 0 Å². The molecule has 0 spiro atoms. The molecule has 0 radical (unpaired) electrons. The fraction of sp³-hybridized carbons (Fsp3) is 0.621. The van der Waals surface area contributed by atoms with E-state index in [0.717, 1.165) is 29.9 Å². The summed E-state index contributed by atoms with van der Waals surface area (Å²) in [6.45, 7) is 18.0. The van der Waals surface area contributed by atoms with Crippen LogP contribution in [0.15, 0.2) is 53.7 Å². The predicted molar refractivity (Wildman–Crippen MR) is 139 cm³/mol. The van der Waals surface area contributed by atoms with Gasteiger partial charge in [-0.3, -0.25) is 4.99 Å². The van der Waals surface area contributed by atoms with Crippen LogP contribution in [0.4, 0.5) is 0 Å². The third kappa shape index (κ3) is 11.0. The zero-order valence-corrected chi connectivity index (χ0v) is 21.1. The van der Waals surface area contributed by atoms with Crippen LogP contribution in [0.5, 0.6) is 0 Å². The van der Waals surface area contributed by atoms with E-state index in [1.807, 2.05) is 46.9 Å². The number of aliphatic imine (C=N–C) groups is 1. The molecule has 170 valence electrons. The second-order valence-corrected chi connectivity index (χ2v) is 8.04. The van der Waals surface area contributed by atoms with Crippen LogP contribution in [0.1, 0.15) is 98.1 Å². The number of hydrogen-bond donors (Lipinski definition) is 0. The van der Waals surface area contributed by atoms with E-state index in [0.29, 0.717) is 0 Å². The highest BCUT2D eigenvalue weighted by Gasteiger charge is 2.26. The molecule has 1 heteroatoms. The molecule has 1 fully saturated rings. The Labute approximate surface area is 188 Å². The Kier molecular flexibility index (Phi) is 17.2. The van der Waals surface area contributed by atoms with Crippen molar-refractivity contribution in [2.24, 2.45) is 22.7 Å². The van der Waals surface area contributed by atoms with Crippen molar-refractivity contribution in [3.8, 4) is 0 Å². The summed E-state index contributed by atoms with van der Waals surface area (Å²) in [5.41, 5.74) is 4.19. The van der Waals surface area contributed by atoms with Crippen LogP contribution in [0, 0.1) is 17.8 Å². The summed E-state index contributed by atoms with van der Waals surface area (Å²) >= 11 is 0. The van der Waals surface area contributed by atoms with Crippen LogP contribution in [0.3, 0.4) is 0 Å². The summed E-state index contributed by atoms with van der Waals surface area (Å²) < 4.78 is 0. The number of hydrogen-bond acceptors (Lipinski definition) is 1. The Morgan fingerprint density at radius 1 is 0.967 bits per heavy atom. The van der Waals surface area contributed by atoms with E-state index < -0.39 is 0 Å². The molecule has 0 atom stereocenters.